The van der Waals surface area contributed by atoms with Crippen molar-refractivity contribution in [1.29, 1.82) is 0 Å². The van der Waals surface area contributed by atoms with E-state index < -0.39 is 0 Å². The summed E-state index contributed by atoms with van der Waals surface area (Å²) in [6.07, 6.45) is 0.581. The zero-order valence-corrected chi connectivity index (χ0v) is 17.7. The van der Waals surface area contributed by atoms with E-state index in [1.807, 2.05) is 36.4 Å². The van der Waals surface area contributed by atoms with E-state index in [1.165, 1.54) is 6.07 Å². The molecule has 0 amide bonds. The Labute approximate surface area is 187 Å². The number of fused-ring (bicyclic) bond motifs is 1. The van der Waals surface area contributed by atoms with E-state index in [4.69, 9.17) is 9.47 Å². The monoisotopic (exact) mass is 434 g/mol. The highest BCUT2D eigenvalue weighted by molar-refractivity contribution is 5.50. The molecule has 32 heavy (non-hydrogen) atoms. The van der Waals surface area contributed by atoms with Crippen molar-refractivity contribution < 1.29 is 19.5 Å². The highest BCUT2D eigenvalue weighted by Crippen LogP contribution is 2.36. The van der Waals surface area contributed by atoms with Gasteiger partial charge in [0.2, 0.25) is 0 Å². The van der Waals surface area contributed by atoms with E-state index in [0.29, 0.717) is 30.8 Å². The zero-order valence-electron chi connectivity index (χ0n) is 17.7. The van der Waals surface area contributed by atoms with E-state index in [-0.39, 0.29) is 36.7 Å². The zero-order chi connectivity index (χ0) is 22.3. The molecule has 0 aromatic heterocycles. The van der Waals surface area contributed by atoms with Crippen LogP contribution in [-0.4, -0.2) is 34.9 Å². The summed E-state index contributed by atoms with van der Waals surface area (Å²) in [6.45, 7) is 1.50. The Bertz CT molecular complexity index is 1000. The van der Waals surface area contributed by atoms with Crippen molar-refractivity contribution in [1.82, 2.24) is 4.90 Å². The number of aliphatic hydroxyl groups excluding tert-OH is 1. The minimum atomic E-state index is -0.387. The first-order chi connectivity index (χ1) is 15.7. The minimum Gasteiger partial charge on any atom is -0.467 e. The molecule has 3 aromatic carbocycles. The van der Waals surface area contributed by atoms with Gasteiger partial charge < -0.3 is 14.6 Å². The van der Waals surface area contributed by atoms with Gasteiger partial charge in [-0.15, -0.1) is 0 Å². The molecule has 7 nitrogen and oxygen atoms in total. The number of nitro benzene ring substituents is 1. The molecule has 0 saturated heterocycles. The second-order valence-electron chi connectivity index (χ2n) is 7.73. The first-order valence-electron chi connectivity index (χ1n) is 10.6. The summed E-state index contributed by atoms with van der Waals surface area (Å²) in [7, 11) is 0. The summed E-state index contributed by atoms with van der Waals surface area (Å²) in [6, 6.07) is 23.3. The van der Waals surface area contributed by atoms with Crippen molar-refractivity contribution in [3.05, 3.63) is 105 Å². The maximum Gasteiger partial charge on any atom is 0.270 e. The Morgan fingerprint density at radius 1 is 1.03 bits per heavy atom. The third kappa shape index (κ3) is 4.96. The van der Waals surface area contributed by atoms with Gasteiger partial charge in [-0.1, -0.05) is 60.7 Å². The number of hydrogen-bond acceptors (Lipinski definition) is 6. The highest BCUT2D eigenvalue weighted by Gasteiger charge is 2.27. The van der Waals surface area contributed by atoms with Crippen LogP contribution in [0.5, 0.6) is 5.75 Å². The van der Waals surface area contributed by atoms with Crippen molar-refractivity contribution in [2.24, 2.45) is 0 Å². The summed E-state index contributed by atoms with van der Waals surface area (Å²) < 4.78 is 11.1. The molecule has 0 aliphatic carbocycles. The van der Waals surface area contributed by atoms with Crippen molar-refractivity contribution in [3.63, 3.8) is 0 Å². The van der Waals surface area contributed by atoms with Crippen LogP contribution in [-0.2, 0) is 17.9 Å². The van der Waals surface area contributed by atoms with Crippen LogP contribution in [0.3, 0.4) is 0 Å². The lowest BCUT2D eigenvalue weighted by Crippen LogP contribution is -2.31. The van der Waals surface area contributed by atoms with Crippen LogP contribution in [0.25, 0.3) is 0 Å². The van der Waals surface area contributed by atoms with E-state index in [1.54, 1.807) is 6.07 Å². The second-order valence-corrected chi connectivity index (χ2v) is 7.73. The third-order valence-electron chi connectivity index (χ3n) is 5.56. The van der Waals surface area contributed by atoms with Crippen molar-refractivity contribution in [3.8, 4) is 5.75 Å². The predicted octanol–water partition coefficient (Wildman–Crippen LogP) is 4.44. The first-order valence-corrected chi connectivity index (χ1v) is 10.6. The lowest BCUT2D eigenvalue weighted by molar-refractivity contribution is -0.385. The Kier molecular flexibility index (Phi) is 7.11. The van der Waals surface area contributed by atoms with Gasteiger partial charge in [0, 0.05) is 43.0 Å². The molecule has 3 aromatic rings. The Morgan fingerprint density at radius 3 is 2.28 bits per heavy atom. The van der Waals surface area contributed by atoms with Gasteiger partial charge in [-0.2, -0.15) is 0 Å². The number of rotatable bonds is 9. The fourth-order valence-electron chi connectivity index (χ4n) is 4.18. The minimum absolute atomic E-state index is 0.0194. The molecule has 7 heteroatoms. The molecule has 4 rings (SSSR count). The summed E-state index contributed by atoms with van der Waals surface area (Å²) in [5.74, 6) is 0.649. The Morgan fingerprint density at radius 2 is 1.69 bits per heavy atom. The van der Waals surface area contributed by atoms with Crippen molar-refractivity contribution in [2.75, 3.05) is 19.9 Å². The summed E-state index contributed by atoms with van der Waals surface area (Å²) in [5.41, 5.74) is 3.66. The standard InChI is InChI=1S/C25H26N2O5/c28-13-7-12-26(24(19-8-3-1-4-9-19)20-10-5-2-6-11-20)16-21-14-23(27(29)30)15-22-17-31-18-32-25(21)22/h1-6,8-11,14-15,24,28H,7,12-13,16-18H2. The molecule has 0 bridgehead atoms. The topological polar surface area (TPSA) is 85.1 Å². The van der Waals surface area contributed by atoms with Gasteiger partial charge in [-0.05, 0) is 17.5 Å². The lowest BCUT2D eigenvalue weighted by Gasteiger charge is -2.33. The fraction of sp³-hybridized carbons (Fsp3) is 0.280. The number of nitrogens with zero attached hydrogens (tertiary/aromatic N) is 2. The third-order valence-corrected chi connectivity index (χ3v) is 5.56. The van der Waals surface area contributed by atoms with Crippen LogP contribution in [0.4, 0.5) is 5.69 Å². The number of nitro groups is 1. The van der Waals surface area contributed by atoms with Gasteiger partial charge in [-0.3, -0.25) is 15.0 Å². The number of aliphatic hydroxyl groups is 1. The molecule has 1 N–H and O–H groups in total. The van der Waals surface area contributed by atoms with E-state index in [9.17, 15) is 15.2 Å². The van der Waals surface area contributed by atoms with Gasteiger partial charge >= 0.3 is 0 Å². The van der Waals surface area contributed by atoms with Gasteiger partial charge in [0.05, 0.1) is 17.6 Å². The van der Waals surface area contributed by atoms with Crippen LogP contribution in [0.15, 0.2) is 72.8 Å². The van der Waals surface area contributed by atoms with Gasteiger partial charge in [-0.25, -0.2) is 0 Å². The summed E-state index contributed by atoms with van der Waals surface area (Å²) in [4.78, 5) is 13.4. The second kappa shape index (κ2) is 10.4. The molecule has 0 atom stereocenters. The number of benzene rings is 3. The fourth-order valence-corrected chi connectivity index (χ4v) is 4.18. The largest absolute Gasteiger partial charge is 0.467 e. The number of ether oxygens (including phenoxy) is 2. The normalized spacial score (nSPS) is 13.1. The Hall–Kier alpha value is -3.26. The van der Waals surface area contributed by atoms with Crippen LogP contribution < -0.4 is 4.74 Å². The first kappa shape index (κ1) is 22.0. The maximum atomic E-state index is 11.6. The van der Waals surface area contributed by atoms with E-state index in [2.05, 4.69) is 29.2 Å². The molecule has 1 heterocycles. The van der Waals surface area contributed by atoms with E-state index >= 15 is 0 Å². The highest BCUT2D eigenvalue weighted by atomic mass is 16.7. The van der Waals surface area contributed by atoms with Crippen LogP contribution >= 0.6 is 0 Å². The van der Waals surface area contributed by atoms with Crippen LogP contribution in [0, 0.1) is 10.1 Å². The summed E-state index contributed by atoms with van der Waals surface area (Å²) in [5, 5.41) is 21.1. The molecular weight excluding hydrogens is 408 g/mol. The lowest BCUT2D eigenvalue weighted by atomic mass is 9.95. The molecule has 0 fully saturated rings. The van der Waals surface area contributed by atoms with Crippen molar-refractivity contribution >= 4 is 5.69 Å². The smallest absolute Gasteiger partial charge is 0.270 e. The number of hydrogen-bond donors (Lipinski definition) is 1. The SMILES string of the molecule is O=[N+]([O-])c1cc2c(c(CN(CCCO)C(c3ccccc3)c3ccccc3)c1)OCOC2. The van der Waals surface area contributed by atoms with Crippen molar-refractivity contribution in [2.45, 2.75) is 25.6 Å². The quantitative estimate of drug-likeness (QED) is 0.396. The molecular formula is C25H26N2O5. The Balaban J connectivity index is 1.78. The maximum absolute atomic E-state index is 11.6. The molecule has 1 aliphatic heterocycles. The predicted molar refractivity (Wildman–Crippen MR) is 120 cm³/mol. The molecule has 0 unspecified atom stereocenters. The van der Waals surface area contributed by atoms with Gasteiger partial charge in [0.15, 0.2) is 6.79 Å². The average Bonchev–Trinajstić information content (AvgIpc) is 2.83. The molecule has 0 saturated carbocycles. The van der Waals surface area contributed by atoms with Crippen LogP contribution in [0.1, 0.15) is 34.7 Å². The van der Waals surface area contributed by atoms with Gasteiger partial charge in [0.1, 0.15) is 5.75 Å². The number of non-ortho nitro benzene ring substituents is 1. The van der Waals surface area contributed by atoms with Crippen LogP contribution in [0.2, 0.25) is 0 Å². The van der Waals surface area contributed by atoms with Gasteiger partial charge in [0.25, 0.3) is 5.69 Å². The van der Waals surface area contributed by atoms with E-state index in [0.717, 1.165) is 16.7 Å². The molecule has 0 spiro atoms. The summed E-state index contributed by atoms with van der Waals surface area (Å²) >= 11 is 0. The average molecular weight is 434 g/mol. The molecule has 1 aliphatic rings. The molecule has 0 radical (unpaired) electrons. The molecule has 166 valence electrons.